The van der Waals surface area contributed by atoms with Crippen LogP contribution in [0.4, 0.5) is 4.79 Å². The fourth-order valence-electron chi connectivity index (χ4n) is 4.30. The molecule has 5 heteroatoms. The van der Waals surface area contributed by atoms with E-state index in [0.29, 0.717) is 12.0 Å². The van der Waals surface area contributed by atoms with Crippen LogP contribution in [0.1, 0.15) is 58.4 Å². The van der Waals surface area contributed by atoms with Crippen LogP contribution in [0.15, 0.2) is 36.4 Å². The maximum atomic E-state index is 13.4. The molecule has 0 unspecified atom stereocenters. The van der Waals surface area contributed by atoms with E-state index in [-0.39, 0.29) is 18.2 Å². The summed E-state index contributed by atoms with van der Waals surface area (Å²) in [7, 11) is 0. The molecule has 1 fully saturated rings. The molecule has 3 amide bonds. The van der Waals surface area contributed by atoms with E-state index in [1.165, 1.54) is 4.90 Å². The standard InChI is InChI=1S/C23H26N2O3/c1-6-23(18-10-8-7-9-11-18)21(27)25(22(28)24-23)13-19-14(2)12-15(3)20(16(19)4)17(5)26/h7-12H,6,13H2,1-5H3,(H,24,28)/t23-/m1/s1. The number of amides is 3. The predicted octanol–water partition coefficient (Wildman–Crippen LogP) is 4.17. The zero-order valence-electron chi connectivity index (χ0n) is 17.1. The minimum Gasteiger partial charge on any atom is -0.319 e. The van der Waals surface area contributed by atoms with Crippen molar-refractivity contribution in [2.75, 3.05) is 0 Å². The number of benzene rings is 2. The smallest absolute Gasteiger partial charge is 0.319 e. The Labute approximate surface area is 165 Å². The third-order valence-electron chi connectivity index (χ3n) is 5.77. The van der Waals surface area contributed by atoms with Crippen LogP contribution in [-0.4, -0.2) is 22.6 Å². The number of urea groups is 1. The topological polar surface area (TPSA) is 66.5 Å². The lowest BCUT2D eigenvalue weighted by Crippen LogP contribution is -2.43. The summed E-state index contributed by atoms with van der Waals surface area (Å²) in [5.41, 5.74) is 3.95. The molecule has 5 nitrogen and oxygen atoms in total. The molecule has 28 heavy (non-hydrogen) atoms. The van der Waals surface area contributed by atoms with Gasteiger partial charge in [-0.25, -0.2) is 4.79 Å². The third kappa shape index (κ3) is 3.01. The van der Waals surface area contributed by atoms with E-state index in [1.807, 2.05) is 64.1 Å². The van der Waals surface area contributed by atoms with Crippen LogP contribution in [0.2, 0.25) is 0 Å². The van der Waals surface area contributed by atoms with Gasteiger partial charge in [0, 0.05) is 5.56 Å². The van der Waals surface area contributed by atoms with Gasteiger partial charge in [0.05, 0.1) is 6.54 Å². The van der Waals surface area contributed by atoms with Gasteiger partial charge in [-0.2, -0.15) is 0 Å². The SMILES string of the molecule is CC[C@]1(c2ccccc2)NC(=O)N(Cc2c(C)cc(C)c(C(C)=O)c2C)C1=O. The number of Topliss-reactive ketones (excluding diaryl/α,β-unsaturated/α-hetero) is 1. The monoisotopic (exact) mass is 378 g/mol. The first-order chi connectivity index (χ1) is 13.2. The Balaban J connectivity index is 2.03. The second-order valence-corrected chi connectivity index (χ2v) is 7.49. The Bertz CT molecular complexity index is 966. The molecule has 1 aliphatic heterocycles. The van der Waals surface area contributed by atoms with Crippen LogP contribution in [0.3, 0.4) is 0 Å². The Hall–Kier alpha value is -2.95. The number of imide groups is 1. The van der Waals surface area contributed by atoms with Crippen molar-refractivity contribution < 1.29 is 14.4 Å². The van der Waals surface area contributed by atoms with Gasteiger partial charge in [-0.1, -0.05) is 43.3 Å². The van der Waals surface area contributed by atoms with Crippen molar-refractivity contribution in [1.29, 1.82) is 0 Å². The molecule has 146 valence electrons. The van der Waals surface area contributed by atoms with Crippen LogP contribution >= 0.6 is 0 Å². The molecule has 0 saturated carbocycles. The molecule has 2 aromatic carbocycles. The predicted molar refractivity (Wildman–Crippen MR) is 108 cm³/mol. The van der Waals surface area contributed by atoms with E-state index in [1.54, 1.807) is 6.92 Å². The van der Waals surface area contributed by atoms with E-state index < -0.39 is 11.6 Å². The molecule has 1 heterocycles. The number of carbonyl (C=O) groups excluding carboxylic acids is 3. The zero-order chi connectivity index (χ0) is 20.6. The number of hydrogen-bond acceptors (Lipinski definition) is 3. The Morgan fingerprint density at radius 2 is 1.71 bits per heavy atom. The maximum Gasteiger partial charge on any atom is 0.325 e. The van der Waals surface area contributed by atoms with Gasteiger partial charge in [-0.3, -0.25) is 14.5 Å². The summed E-state index contributed by atoms with van der Waals surface area (Å²) in [6.45, 7) is 9.32. The summed E-state index contributed by atoms with van der Waals surface area (Å²) in [6.07, 6.45) is 0.461. The van der Waals surface area contributed by atoms with Crippen LogP contribution in [0.5, 0.6) is 0 Å². The molecule has 0 aliphatic carbocycles. The van der Waals surface area contributed by atoms with Crippen molar-refractivity contribution in [1.82, 2.24) is 10.2 Å². The van der Waals surface area contributed by atoms with Crippen molar-refractivity contribution in [3.8, 4) is 0 Å². The highest BCUT2D eigenvalue weighted by molar-refractivity contribution is 6.07. The molecular formula is C23H26N2O3. The number of nitrogens with one attached hydrogen (secondary N) is 1. The van der Waals surface area contributed by atoms with E-state index in [4.69, 9.17) is 0 Å². The van der Waals surface area contributed by atoms with Gasteiger partial charge in [0.1, 0.15) is 5.54 Å². The molecule has 0 bridgehead atoms. The van der Waals surface area contributed by atoms with E-state index in [2.05, 4.69) is 5.32 Å². The van der Waals surface area contributed by atoms with Crippen LogP contribution in [0, 0.1) is 20.8 Å². The number of carbonyl (C=O) groups is 3. The lowest BCUT2D eigenvalue weighted by Gasteiger charge is -2.26. The second-order valence-electron chi connectivity index (χ2n) is 7.49. The maximum absolute atomic E-state index is 13.4. The molecular weight excluding hydrogens is 352 g/mol. The van der Waals surface area contributed by atoms with Crippen molar-refractivity contribution in [2.45, 2.75) is 53.1 Å². The average molecular weight is 378 g/mol. The van der Waals surface area contributed by atoms with Crippen molar-refractivity contribution in [3.63, 3.8) is 0 Å². The molecule has 3 rings (SSSR count). The van der Waals surface area contributed by atoms with Gasteiger partial charge < -0.3 is 5.32 Å². The first-order valence-corrected chi connectivity index (χ1v) is 9.53. The minimum absolute atomic E-state index is 0.0133. The number of ketones is 1. The third-order valence-corrected chi connectivity index (χ3v) is 5.77. The number of aryl methyl sites for hydroxylation is 2. The van der Waals surface area contributed by atoms with Crippen LogP contribution in [-0.2, 0) is 16.9 Å². The minimum atomic E-state index is -1.05. The first-order valence-electron chi connectivity index (χ1n) is 9.53. The zero-order valence-corrected chi connectivity index (χ0v) is 17.1. The Morgan fingerprint density at radius 3 is 2.29 bits per heavy atom. The van der Waals surface area contributed by atoms with Crippen molar-refractivity contribution in [2.24, 2.45) is 0 Å². The van der Waals surface area contributed by atoms with Gasteiger partial charge in [-0.05, 0) is 61.9 Å². The second kappa shape index (κ2) is 7.23. The molecule has 1 saturated heterocycles. The molecule has 1 atom stereocenters. The summed E-state index contributed by atoms with van der Waals surface area (Å²) in [6, 6.07) is 10.9. The lowest BCUT2D eigenvalue weighted by atomic mass is 9.87. The fourth-order valence-corrected chi connectivity index (χ4v) is 4.30. The summed E-state index contributed by atoms with van der Waals surface area (Å²) in [5, 5.41) is 2.91. The normalized spacial score (nSPS) is 19.1. The molecule has 1 N–H and O–H groups in total. The molecule has 0 radical (unpaired) electrons. The number of rotatable bonds is 5. The number of hydrogen-bond donors (Lipinski definition) is 1. The molecule has 0 spiro atoms. The van der Waals surface area contributed by atoms with Crippen LogP contribution in [0.25, 0.3) is 0 Å². The van der Waals surface area contributed by atoms with Gasteiger partial charge >= 0.3 is 6.03 Å². The summed E-state index contributed by atoms with van der Waals surface area (Å²) >= 11 is 0. The quantitative estimate of drug-likeness (QED) is 0.627. The summed E-state index contributed by atoms with van der Waals surface area (Å²) in [5.74, 6) is -0.268. The molecule has 2 aromatic rings. The Morgan fingerprint density at radius 1 is 1.07 bits per heavy atom. The van der Waals surface area contributed by atoms with Gasteiger partial charge in [0.25, 0.3) is 5.91 Å². The van der Waals surface area contributed by atoms with Crippen molar-refractivity contribution in [3.05, 3.63) is 69.8 Å². The summed E-state index contributed by atoms with van der Waals surface area (Å²) < 4.78 is 0. The summed E-state index contributed by atoms with van der Waals surface area (Å²) in [4.78, 5) is 39.5. The largest absolute Gasteiger partial charge is 0.325 e. The highest BCUT2D eigenvalue weighted by Gasteiger charge is 2.51. The van der Waals surface area contributed by atoms with Crippen LogP contribution < -0.4 is 5.32 Å². The average Bonchev–Trinajstić information content (AvgIpc) is 2.89. The highest BCUT2D eigenvalue weighted by Crippen LogP contribution is 2.34. The van der Waals surface area contributed by atoms with Gasteiger partial charge in [-0.15, -0.1) is 0 Å². The van der Waals surface area contributed by atoms with Gasteiger partial charge in [0.2, 0.25) is 0 Å². The highest BCUT2D eigenvalue weighted by atomic mass is 16.2. The fraction of sp³-hybridized carbons (Fsp3) is 0.348. The lowest BCUT2D eigenvalue weighted by molar-refractivity contribution is -0.132. The van der Waals surface area contributed by atoms with E-state index >= 15 is 0 Å². The van der Waals surface area contributed by atoms with Crippen molar-refractivity contribution >= 4 is 17.7 Å². The Kier molecular flexibility index (Phi) is 5.11. The van der Waals surface area contributed by atoms with Gasteiger partial charge in [0.15, 0.2) is 5.78 Å². The number of nitrogens with zero attached hydrogens (tertiary/aromatic N) is 1. The van der Waals surface area contributed by atoms with E-state index in [0.717, 1.165) is 27.8 Å². The first kappa shape index (κ1) is 19.8. The molecule has 1 aliphatic rings. The van der Waals surface area contributed by atoms with E-state index in [9.17, 15) is 14.4 Å². The molecule has 0 aromatic heterocycles.